The summed E-state index contributed by atoms with van der Waals surface area (Å²) < 4.78 is 0. The zero-order valence-corrected chi connectivity index (χ0v) is 12.4. The van der Waals surface area contributed by atoms with E-state index in [1.54, 1.807) is 0 Å². The normalized spacial score (nSPS) is 40.8. The quantitative estimate of drug-likeness (QED) is 0.682. The Morgan fingerprint density at radius 2 is 2.00 bits per heavy atom. The highest BCUT2D eigenvalue weighted by Crippen LogP contribution is 2.60. The number of fused-ring (bicyclic) bond motifs is 2. The van der Waals surface area contributed by atoms with E-state index < -0.39 is 5.41 Å². The van der Waals surface area contributed by atoms with Crippen molar-refractivity contribution in [2.45, 2.75) is 65.3 Å². The van der Waals surface area contributed by atoms with E-state index in [0.29, 0.717) is 12.0 Å². The van der Waals surface area contributed by atoms with Gasteiger partial charge in [-0.2, -0.15) is 0 Å². The largest absolute Gasteiger partial charge is 0.339 e. The van der Waals surface area contributed by atoms with Crippen molar-refractivity contribution in [1.29, 1.82) is 0 Å². The van der Waals surface area contributed by atoms with Crippen LogP contribution in [0.2, 0.25) is 0 Å². The molecule has 3 nitrogen and oxygen atoms in total. The maximum Gasteiger partial charge on any atom is 0.236 e. The van der Waals surface area contributed by atoms with Gasteiger partial charge in [0.05, 0.1) is 0 Å². The molecule has 2 aliphatic carbocycles. The third-order valence-electron chi connectivity index (χ3n) is 6.03. The number of rotatable bonds is 1. The first-order valence-electron chi connectivity index (χ1n) is 7.75. The molecule has 0 spiro atoms. The van der Waals surface area contributed by atoms with Crippen LogP contribution in [0.3, 0.4) is 0 Å². The molecule has 1 aliphatic heterocycles. The van der Waals surface area contributed by atoms with Crippen molar-refractivity contribution in [3.05, 3.63) is 0 Å². The lowest BCUT2D eigenvalue weighted by molar-refractivity contribution is -0.153. The fourth-order valence-electron chi connectivity index (χ4n) is 4.64. The minimum Gasteiger partial charge on any atom is -0.339 e. The van der Waals surface area contributed by atoms with E-state index in [0.717, 1.165) is 38.6 Å². The van der Waals surface area contributed by atoms with E-state index in [9.17, 15) is 9.59 Å². The summed E-state index contributed by atoms with van der Waals surface area (Å²) in [5.41, 5.74) is -0.938. The van der Waals surface area contributed by atoms with Crippen LogP contribution in [0, 0.1) is 16.7 Å². The summed E-state index contributed by atoms with van der Waals surface area (Å²) in [5.74, 6) is 0.792. The molecule has 2 saturated carbocycles. The lowest BCUT2D eigenvalue weighted by Gasteiger charge is -2.40. The highest BCUT2D eigenvalue weighted by atomic mass is 16.2. The zero-order valence-electron chi connectivity index (χ0n) is 12.4. The summed E-state index contributed by atoms with van der Waals surface area (Å²) in [6.45, 7) is 7.05. The van der Waals surface area contributed by atoms with Crippen molar-refractivity contribution in [2.24, 2.45) is 16.7 Å². The molecule has 0 aromatic rings. The Bertz CT molecular complexity index is 428. The molecule has 106 valence electrons. The molecule has 19 heavy (non-hydrogen) atoms. The molecule has 1 amide bonds. The van der Waals surface area contributed by atoms with Gasteiger partial charge in [-0.1, -0.05) is 13.8 Å². The topological polar surface area (TPSA) is 37.4 Å². The van der Waals surface area contributed by atoms with Gasteiger partial charge in [-0.15, -0.1) is 0 Å². The fraction of sp³-hybridized carbons (Fsp3) is 0.875. The van der Waals surface area contributed by atoms with Crippen LogP contribution in [-0.4, -0.2) is 29.2 Å². The van der Waals surface area contributed by atoms with Gasteiger partial charge in [-0.05, 0) is 51.4 Å². The summed E-state index contributed by atoms with van der Waals surface area (Å²) in [6.07, 6.45) is 6.03. The molecule has 0 aromatic heterocycles. The number of hydrogen-bond donors (Lipinski definition) is 0. The minimum atomic E-state index is -0.653. The Hall–Kier alpha value is -0.860. The Labute approximate surface area is 115 Å². The summed E-state index contributed by atoms with van der Waals surface area (Å²) in [4.78, 5) is 27.8. The van der Waals surface area contributed by atoms with E-state index in [2.05, 4.69) is 6.92 Å². The predicted octanol–water partition coefficient (Wildman–Crippen LogP) is 2.78. The van der Waals surface area contributed by atoms with Crippen molar-refractivity contribution in [3.8, 4) is 0 Å². The first kappa shape index (κ1) is 13.1. The third-order valence-corrected chi connectivity index (χ3v) is 6.03. The standard InChI is InChI=1S/C16H25NO2/c1-11-6-4-5-9-17(11)14(19)16-8-7-12(10-16)15(2,3)13(16)18/h11-12H,4-10H2,1-3H3. The Morgan fingerprint density at radius 3 is 2.58 bits per heavy atom. The second kappa shape index (κ2) is 4.07. The Morgan fingerprint density at radius 1 is 1.26 bits per heavy atom. The second-order valence-corrected chi connectivity index (χ2v) is 7.42. The van der Waals surface area contributed by atoms with Gasteiger partial charge in [0.15, 0.2) is 5.78 Å². The molecule has 0 radical (unpaired) electrons. The first-order chi connectivity index (χ1) is 8.89. The Balaban J connectivity index is 1.89. The van der Waals surface area contributed by atoms with Crippen LogP contribution < -0.4 is 0 Å². The lowest BCUT2D eigenvalue weighted by atomic mass is 9.70. The molecule has 2 bridgehead atoms. The van der Waals surface area contributed by atoms with Crippen LogP contribution in [0.4, 0.5) is 0 Å². The number of hydrogen-bond acceptors (Lipinski definition) is 2. The summed E-state index contributed by atoms with van der Waals surface area (Å²) in [5, 5.41) is 0. The van der Waals surface area contributed by atoms with Crippen LogP contribution in [0.25, 0.3) is 0 Å². The van der Waals surface area contributed by atoms with Gasteiger partial charge in [0.25, 0.3) is 0 Å². The number of piperidine rings is 1. The molecule has 0 aromatic carbocycles. The molecule has 3 rings (SSSR count). The van der Waals surface area contributed by atoms with Gasteiger partial charge in [0.2, 0.25) is 5.91 Å². The molecule has 1 saturated heterocycles. The number of carbonyl (C=O) groups excluding carboxylic acids is 2. The molecule has 3 aliphatic rings. The monoisotopic (exact) mass is 263 g/mol. The van der Waals surface area contributed by atoms with Crippen molar-refractivity contribution >= 4 is 11.7 Å². The number of amides is 1. The number of Topliss-reactive ketones (excluding diaryl/α,β-unsaturated/α-hetero) is 1. The van der Waals surface area contributed by atoms with Crippen molar-refractivity contribution in [1.82, 2.24) is 4.90 Å². The number of ketones is 1. The molecule has 3 fully saturated rings. The summed E-state index contributed by atoms with van der Waals surface area (Å²) >= 11 is 0. The predicted molar refractivity (Wildman–Crippen MR) is 73.6 cm³/mol. The number of likely N-dealkylation sites (tertiary alicyclic amines) is 1. The van der Waals surface area contributed by atoms with Gasteiger partial charge in [0.1, 0.15) is 5.41 Å². The zero-order chi connectivity index (χ0) is 13.8. The van der Waals surface area contributed by atoms with Crippen molar-refractivity contribution in [2.75, 3.05) is 6.54 Å². The number of nitrogens with zero attached hydrogens (tertiary/aromatic N) is 1. The van der Waals surface area contributed by atoms with Crippen molar-refractivity contribution < 1.29 is 9.59 Å². The van der Waals surface area contributed by atoms with Crippen molar-refractivity contribution in [3.63, 3.8) is 0 Å². The maximum atomic E-state index is 13.0. The summed E-state index contributed by atoms with van der Waals surface area (Å²) in [7, 11) is 0. The smallest absolute Gasteiger partial charge is 0.236 e. The van der Waals surface area contributed by atoms with E-state index in [1.807, 2.05) is 18.7 Å². The third kappa shape index (κ3) is 1.63. The summed E-state index contributed by atoms with van der Waals surface area (Å²) in [6, 6.07) is 0.311. The van der Waals surface area contributed by atoms with Gasteiger partial charge >= 0.3 is 0 Å². The fourth-order valence-corrected chi connectivity index (χ4v) is 4.64. The van der Waals surface area contributed by atoms with Gasteiger partial charge in [-0.3, -0.25) is 9.59 Å². The molecule has 1 heterocycles. The van der Waals surface area contributed by atoms with Crippen LogP contribution in [0.1, 0.15) is 59.3 Å². The van der Waals surface area contributed by atoms with E-state index >= 15 is 0 Å². The molecular weight excluding hydrogens is 238 g/mol. The van der Waals surface area contributed by atoms with E-state index in [1.165, 1.54) is 6.42 Å². The minimum absolute atomic E-state index is 0.151. The first-order valence-corrected chi connectivity index (χ1v) is 7.75. The molecule has 3 heteroatoms. The van der Waals surface area contributed by atoms with Gasteiger partial charge in [-0.25, -0.2) is 0 Å². The lowest BCUT2D eigenvalue weighted by Crippen LogP contribution is -2.53. The van der Waals surface area contributed by atoms with Crippen LogP contribution in [-0.2, 0) is 9.59 Å². The average molecular weight is 263 g/mol. The molecule has 3 unspecified atom stereocenters. The maximum absolute atomic E-state index is 13.0. The average Bonchev–Trinajstić information content (AvgIpc) is 2.90. The highest BCUT2D eigenvalue weighted by molar-refractivity contribution is 6.10. The SMILES string of the molecule is CC1CCCCN1C(=O)C12CCC(C1)C(C)(C)C2=O. The molecule has 3 atom stereocenters. The van der Waals surface area contributed by atoms with Crippen LogP contribution in [0.5, 0.6) is 0 Å². The van der Waals surface area contributed by atoms with Crippen LogP contribution in [0.15, 0.2) is 0 Å². The second-order valence-electron chi connectivity index (χ2n) is 7.42. The van der Waals surface area contributed by atoms with Gasteiger partial charge in [0, 0.05) is 18.0 Å². The van der Waals surface area contributed by atoms with Gasteiger partial charge < -0.3 is 4.90 Å². The molecular formula is C16H25NO2. The van der Waals surface area contributed by atoms with E-state index in [-0.39, 0.29) is 17.1 Å². The number of carbonyl (C=O) groups is 2. The van der Waals surface area contributed by atoms with E-state index in [4.69, 9.17) is 0 Å². The van der Waals surface area contributed by atoms with Crippen LogP contribution >= 0.6 is 0 Å². The highest BCUT2D eigenvalue weighted by Gasteiger charge is 2.65. The molecule has 0 N–H and O–H groups in total. The Kier molecular flexibility index (Phi) is 2.81.